The lowest BCUT2D eigenvalue weighted by Gasteiger charge is -2.36. The van der Waals surface area contributed by atoms with Crippen molar-refractivity contribution in [2.24, 2.45) is 0 Å². The number of fused-ring (bicyclic) bond motifs is 1. The van der Waals surface area contributed by atoms with Crippen LogP contribution in [0.3, 0.4) is 0 Å². The van der Waals surface area contributed by atoms with E-state index in [9.17, 15) is 45.1 Å². The summed E-state index contributed by atoms with van der Waals surface area (Å²) in [7, 11) is 0. The number of nitrogens with one attached hydrogen (secondary N) is 1. The van der Waals surface area contributed by atoms with Crippen molar-refractivity contribution in [2.45, 2.75) is 25.8 Å². The molecule has 1 fully saturated rings. The molecule has 0 bridgehead atoms. The summed E-state index contributed by atoms with van der Waals surface area (Å²) >= 11 is 0.975. The Balaban J connectivity index is 1.33. The number of halogens is 7. The molecule has 44 heavy (non-hydrogen) atoms. The SMILES string of the molecule is Cc1c(C(=O)N2CCN(c3ccccc3F)CC2)sc2ncn(CC(=O)Nc3cc(C(F)(F)F)cc(C(F)(F)F)c3)c(=O)c12. The highest BCUT2D eigenvalue weighted by atomic mass is 32.1. The van der Waals surface area contributed by atoms with E-state index in [-0.39, 0.29) is 32.9 Å². The van der Waals surface area contributed by atoms with Gasteiger partial charge < -0.3 is 15.1 Å². The van der Waals surface area contributed by atoms with Crippen molar-refractivity contribution in [2.75, 3.05) is 36.4 Å². The van der Waals surface area contributed by atoms with E-state index in [4.69, 9.17) is 0 Å². The van der Waals surface area contributed by atoms with Gasteiger partial charge >= 0.3 is 12.4 Å². The molecule has 2 amide bonds. The van der Waals surface area contributed by atoms with E-state index in [0.29, 0.717) is 49.6 Å². The molecule has 1 aliphatic heterocycles. The minimum atomic E-state index is -5.11. The smallest absolute Gasteiger partial charge is 0.366 e. The zero-order chi connectivity index (χ0) is 32.0. The number of nitrogens with zero attached hydrogens (tertiary/aromatic N) is 4. The minimum absolute atomic E-state index is 0.0528. The molecule has 2 aromatic heterocycles. The minimum Gasteiger partial charge on any atom is -0.366 e. The van der Waals surface area contributed by atoms with E-state index in [1.807, 2.05) is 10.2 Å². The summed E-state index contributed by atoms with van der Waals surface area (Å²) in [4.78, 5) is 47.2. The number of amides is 2. The summed E-state index contributed by atoms with van der Waals surface area (Å²) < 4.78 is 94.0. The molecule has 0 aliphatic carbocycles. The van der Waals surface area contributed by atoms with Gasteiger partial charge in [-0.3, -0.25) is 19.0 Å². The van der Waals surface area contributed by atoms with E-state index in [1.165, 1.54) is 13.0 Å². The predicted octanol–water partition coefficient (Wildman–Crippen LogP) is 5.54. The average Bonchev–Trinajstić information content (AvgIpc) is 3.30. The first kappa shape index (κ1) is 31.0. The molecule has 0 saturated carbocycles. The summed E-state index contributed by atoms with van der Waals surface area (Å²) in [5.41, 5.74) is -3.95. The fourth-order valence-corrected chi connectivity index (χ4v) is 5.97. The van der Waals surface area contributed by atoms with Gasteiger partial charge in [-0.05, 0) is 42.8 Å². The van der Waals surface area contributed by atoms with Crippen molar-refractivity contribution in [3.05, 3.63) is 86.5 Å². The second-order valence-electron chi connectivity index (χ2n) is 9.99. The van der Waals surface area contributed by atoms with Crippen LogP contribution in [0.5, 0.6) is 0 Å². The Bertz CT molecular complexity index is 1780. The van der Waals surface area contributed by atoms with Crippen LogP contribution in [0.2, 0.25) is 0 Å². The standard InChI is InChI=1S/C28H22F7N5O3S/c1-15-22-24(44-23(15)26(43)39-8-6-38(7-9-39)20-5-3-2-4-19(20)29)36-14-40(25(22)42)13-21(41)37-18-11-16(27(30,31)32)10-17(12-18)28(33,34)35/h2-5,10-12,14H,6-9,13H2,1H3,(H,37,41). The summed E-state index contributed by atoms with van der Waals surface area (Å²) in [6.07, 6.45) is -9.20. The first-order chi connectivity index (χ1) is 20.6. The van der Waals surface area contributed by atoms with Crippen LogP contribution in [0.1, 0.15) is 26.4 Å². The van der Waals surface area contributed by atoms with Gasteiger partial charge in [0.05, 0.1) is 33.4 Å². The monoisotopic (exact) mass is 641 g/mol. The molecule has 1 aliphatic rings. The topological polar surface area (TPSA) is 87.5 Å². The van der Waals surface area contributed by atoms with Gasteiger partial charge in [-0.25, -0.2) is 9.37 Å². The lowest BCUT2D eigenvalue weighted by atomic mass is 10.1. The highest BCUT2D eigenvalue weighted by molar-refractivity contribution is 7.20. The van der Waals surface area contributed by atoms with E-state index < -0.39 is 47.2 Å². The van der Waals surface area contributed by atoms with Crippen LogP contribution in [0.4, 0.5) is 42.1 Å². The molecule has 16 heteroatoms. The van der Waals surface area contributed by atoms with Gasteiger partial charge in [0.15, 0.2) is 0 Å². The first-order valence-electron chi connectivity index (χ1n) is 13.0. The molecule has 0 spiro atoms. The van der Waals surface area contributed by atoms with Crippen molar-refractivity contribution in [3.63, 3.8) is 0 Å². The zero-order valence-electron chi connectivity index (χ0n) is 22.7. The number of carbonyl (C=O) groups excluding carboxylic acids is 2. The van der Waals surface area contributed by atoms with Crippen LogP contribution >= 0.6 is 11.3 Å². The highest BCUT2D eigenvalue weighted by Gasteiger charge is 2.37. The van der Waals surface area contributed by atoms with Crippen molar-refractivity contribution in [1.29, 1.82) is 0 Å². The van der Waals surface area contributed by atoms with Gasteiger partial charge in [0.25, 0.3) is 11.5 Å². The largest absolute Gasteiger partial charge is 0.416 e. The number of anilines is 2. The summed E-state index contributed by atoms with van der Waals surface area (Å²) in [6, 6.07) is 6.95. The lowest BCUT2D eigenvalue weighted by Crippen LogP contribution is -2.49. The third-order valence-corrected chi connectivity index (χ3v) is 8.24. The maximum Gasteiger partial charge on any atom is 0.416 e. The fraction of sp³-hybridized carbons (Fsp3) is 0.286. The Kier molecular flexibility index (Phi) is 8.13. The van der Waals surface area contributed by atoms with Gasteiger partial charge in [0.2, 0.25) is 5.91 Å². The molecule has 5 rings (SSSR count). The van der Waals surface area contributed by atoms with Gasteiger partial charge in [-0.2, -0.15) is 26.3 Å². The molecule has 3 heterocycles. The maximum atomic E-state index is 14.2. The van der Waals surface area contributed by atoms with Crippen LogP contribution in [0.15, 0.2) is 53.6 Å². The number of hydrogen-bond donors (Lipinski definition) is 1. The Hall–Kier alpha value is -4.47. The van der Waals surface area contributed by atoms with Gasteiger partial charge in [0.1, 0.15) is 17.2 Å². The molecule has 8 nitrogen and oxygen atoms in total. The molecule has 0 radical (unpaired) electrons. The quantitative estimate of drug-likeness (QED) is 0.289. The number of piperazine rings is 1. The predicted molar refractivity (Wildman–Crippen MR) is 148 cm³/mol. The number of hydrogen-bond acceptors (Lipinski definition) is 6. The summed E-state index contributed by atoms with van der Waals surface area (Å²) in [6.45, 7) is 2.13. The molecule has 0 unspecified atom stereocenters. The molecule has 232 valence electrons. The Morgan fingerprint density at radius 2 is 1.57 bits per heavy atom. The third kappa shape index (κ3) is 6.25. The van der Waals surface area contributed by atoms with E-state index in [2.05, 4.69) is 4.98 Å². The third-order valence-electron chi connectivity index (χ3n) is 7.06. The number of carbonyl (C=O) groups is 2. The lowest BCUT2D eigenvalue weighted by molar-refractivity contribution is -0.143. The maximum absolute atomic E-state index is 14.2. The van der Waals surface area contributed by atoms with E-state index >= 15 is 0 Å². The zero-order valence-corrected chi connectivity index (χ0v) is 23.5. The van der Waals surface area contributed by atoms with Crippen LogP contribution in [-0.2, 0) is 23.7 Å². The second kappa shape index (κ2) is 11.6. The van der Waals surface area contributed by atoms with E-state index in [0.717, 1.165) is 22.2 Å². The molecule has 4 aromatic rings. The number of rotatable bonds is 5. The number of benzene rings is 2. The number of aromatic nitrogens is 2. The Morgan fingerprint density at radius 1 is 0.955 bits per heavy atom. The van der Waals surface area contributed by atoms with Gasteiger partial charge in [-0.1, -0.05) is 12.1 Å². The van der Waals surface area contributed by atoms with Crippen molar-refractivity contribution < 1.29 is 40.3 Å². The highest BCUT2D eigenvalue weighted by Crippen LogP contribution is 2.37. The number of thiophene rings is 1. The molecular formula is C28H22F7N5O3S. The number of para-hydroxylation sites is 1. The molecule has 1 saturated heterocycles. The van der Waals surface area contributed by atoms with Gasteiger partial charge in [-0.15, -0.1) is 11.3 Å². The number of alkyl halides is 6. The van der Waals surface area contributed by atoms with Crippen LogP contribution in [-0.4, -0.2) is 52.4 Å². The second-order valence-corrected chi connectivity index (χ2v) is 11.0. The van der Waals surface area contributed by atoms with Crippen LogP contribution in [0, 0.1) is 12.7 Å². The normalized spacial score (nSPS) is 14.3. The Morgan fingerprint density at radius 3 is 2.16 bits per heavy atom. The molecule has 1 N–H and O–H groups in total. The first-order valence-corrected chi connectivity index (χ1v) is 13.8. The van der Waals surface area contributed by atoms with Crippen molar-refractivity contribution in [1.82, 2.24) is 14.5 Å². The van der Waals surface area contributed by atoms with Crippen molar-refractivity contribution >= 4 is 44.7 Å². The summed E-state index contributed by atoms with van der Waals surface area (Å²) in [5, 5.41) is 2.03. The molecule has 0 atom stereocenters. The van der Waals surface area contributed by atoms with Crippen LogP contribution < -0.4 is 15.8 Å². The van der Waals surface area contributed by atoms with E-state index in [1.54, 1.807) is 23.1 Å². The van der Waals surface area contributed by atoms with Gasteiger partial charge in [0, 0.05) is 31.9 Å². The van der Waals surface area contributed by atoms with Crippen molar-refractivity contribution in [3.8, 4) is 0 Å². The molecule has 2 aromatic carbocycles. The van der Waals surface area contributed by atoms with Crippen LogP contribution in [0.25, 0.3) is 10.2 Å². The summed E-state index contributed by atoms with van der Waals surface area (Å²) in [5.74, 6) is -1.80. The molecular weight excluding hydrogens is 619 g/mol. The average molecular weight is 642 g/mol. The fourth-order valence-electron chi connectivity index (χ4n) is 4.86. The Labute approximate surface area is 248 Å². The number of aryl methyl sites for hydroxylation is 1.